The molecule has 6 rings (SSSR count). The summed E-state index contributed by atoms with van der Waals surface area (Å²) in [6.07, 6.45) is 11.2. The van der Waals surface area contributed by atoms with Crippen molar-refractivity contribution < 1.29 is 9.26 Å². The monoisotopic (exact) mass is 423 g/mol. The van der Waals surface area contributed by atoms with E-state index in [1.54, 1.807) is 16.8 Å². The van der Waals surface area contributed by atoms with Gasteiger partial charge >= 0.3 is 0 Å². The number of allylic oxidation sites excluding steroid dienone is 4. The zero-order valence-electron chi connectivity index (χ0n) is 16.9. The van der Waals surface area contributed by atoms with Gasteiger partial charge < -0.3 is 13.8 Å². The van der Waals surface area contributed by atoms with Crippen LogP contribution in [-0.4, -0.2) is 34.5 Å². The molecule has 0 N–H and O–H groups in total. The van der Waals surface area contributed by atoms with Gasteiger partial charge in [-0.15, -0.1) is 15.3 Å². The van der Waals surface area contributed by atoms with Gasteiger partial charge in [-0.25, -0.2) is 4.98 Å². The van der Waals surface area contributed by atoms with Gasteiger partial charge in [0.15, 0.2) is 11.3 Å². The first-order valence-corrected chi connectivity index (χ1v) is 10.1. The Morgan fingerprint density at radius 2 is 1.97 bits per heavy atom. The molecule has 0 unspecified atom stereocenters. The van der Waals surface area contributed by atoms with Crippen LogP contribution >= 0.6 is 0 Å². The maximum Gasteiger partial charge on any atom is 0.240 e. The normalized spacial score (nSPS) is 12.7. The standard InChI is InChI=1S/C23H17N7O2/c1-2-5-16(6-3-1)14-29-11-10-24-21(29)15-31-23-18(17-7-4-8-17)13-20-25-26-22(30(20)27-23)19-9-12-32-28-19/h1-13H,14-15H2. The fraction of sp³-hybridized carbons (Fsp3) is 0.0870. The number of imidazole rings is 1. The molecule has 32 heavy (non-hydrogen) atoms. The van der Waals surface area contributed by atoms with Gasteiger partial charge in [0.1, 0.15) is 18.7 Å². The number of aromatic nitrogens is 7. The predicted octanol–water partition coefficient (Wildman–Crippen LogP) is 3.56. The van der Waals surface area contributed by atoms with Gasteiger partial charge in [-0.05, 0) is 17.2 Å². The van der Waals surface area contributed by atoms with Crippen LogP contribution in [-0.2, 0) is 13.2 Å². The number of benzene rings is 1. The molecular weight excluding hydrogens is 406 g/mol. The van der Waals surface area contributed by atoms with E-state index in [9.17, 15) is 0 Å². The van der Waals surface area contributed by atoms with Crippen LogP contribution in [0.1, 0.15) is 17.0 Å². The molecule has 4 aromatic heterocycles. The molecule has 0 saturated heterocycles. The summed E-state index contributed by atoms with van der Waals surface area (Å²) in [6.45, 7) is 0.984. The van der Waals surface area contributed by atoms with Crippen LogP contribution in [0.4, 0.5) is 0 Å². The van der Waals surface area contributed by atoms with Crippen molar-refractivity contribution in [2.45, 2.75) is 13.2 Å². The lowest BCUT2D eigenvalue weighted by Gasteiger charge is -2.14. The fourth-order valence-electron chi connectivity index (χ4n) is 3.53. The predicted molar refractivity (Wildman–Crippen MR) is 115 cm³/mol. The molecule has 1 aromatic carbocycles. The zero-order valence-corrected chi connectivity index (χ0v) is 16.9. The van der Waals surface area contributed by atoms with Crippen LogP contribution < -0.4 is 4.74 Å². The molecule has 0 radical (unpaired) electrons. The first kappa shape index (κ1) is 18.3. The summed E-state index contributed by atoms with van der Waals surface area (Å²) in [4.78, 5) is 4.47. The van der Waals surface area contributed by atoms with Gasteiger partial charge in [-0.1, -0.05) is 53.7 Å². The summed E-state index contributed by atoms with van der Waals surface area (Å²) in [5.41, 5.74) is 4.20. The Bertz CT molecular complexity index is 1450. The van der Waals surface area contributed by atoms with Crippen LogP contribution in [0.15, 0.2) is 83.9 Å². The highest BCUT2D eigenvalue weighted by molar-refractivity contribution is 5.84. The Morgan fingerprint density at radius 3 is 2.75 bits per heavy atom. The summed E-state index contributed by atoms with van der Waals surface area (Å²) >= 11 is 0. The molecule has 1 aliphatic rings. The average Bonchev–Trinajstić information content (AvgIpc) is 3.52. The number of nitrogens with zero attached hydrogens (tertiary/aromatic N) is 7. The van der Waals surface area contributed by atoms with E-state index in [2.05, 4.69) is 42.1 Å². The summed E-state index contributed by atoms with van der Waals surface area (Å²) in [6, 6.07) is 13.9. The number of hydrogen-bond acceptors (Lipinski definition) is 7. The van der Waals surface area contributed by atoms with Crippen molar-refractivity contribution >= 4 is 11.2 Å². The van der Waals surface area contributed by atoms with Gasteiger partial charge in [0.25, 0.3) is 0 Å². The number of ether oxygens (including phenoxy) is 1. The molecule has 5 aromatic rings. The van der Waals surface area contributed by atoms with Gasteiger partial charge in [0.2, 0.25) is 11.7 Å². The van der Waals surface area contributed by atoms with E-state index in [1.165, 1.54) is 11.8 Å². The Hall–Kier alpha value is -4.53. The van der Waals surface area contributed by atoms with Crippen molar-refractivity contribution in [2.24, 2.45) is 0 Å². The molecule has 4 heterocycles. The maximum absolute atomic E-state index is 6.18. The fourth-order valence-corrected chi connectivity index (χ4v) is 3.53. The molecule has 156 valence electrons. The smallest absolute Gasteiger partial charge is 0.240 e. The van der Waals surface area contributed by atoms with Crippen molar-refractivity contribution in [2.75, 3.05) is 0 Å². The van der Waals surface area contributed by atoms with Gasteiger partial charge in [0.05, 0.1) is 0 Å². The topological polar surface area (TPSA) is 96.2 Å². The highest BCUT2D eigenvalue weighted by Crippen LogP contribution is 2.31. The van der Waals surface area contributed by atoms with E-state index in [-0.39, 0.29) is 6.61 Å². The van der Waals surface area contributed by atoms with Crippen molar-refractivity contribution in [3.63, 3.8) is 0 Å². The molecule has 0 amide bonds. The summed E-state index contributed by atoms with van der Waals surface area (Å²) in [5.74, 6) is 1.75. The van der Waals surface area contributed by atoms with Crippen LogP contribution in [0.2, 0.25) is 0 Å². The minimum absolute atomic E-state index is 0.268. The van der Waals surface area contributed by atoms with E-state index in [4.69, 9.17) is 9.26 Å². The number of hydrogen-bond donors (Lipinski definition) is 0. The zero-order chi connectivity index (χ0) is 21.3. The molecule has 1 aliphatic carbocycles. The van der Waals surface area contributed by atoms with Crippen LogP contribution in [0, 0.1) is 0 Å². The first-order chi connectivity index (χ1) is 15.8. The van der Waals surface area contributed by atoms with E-state index in [0.29, 0.717) is 29.6 Å². The van der Waals surface area contributed by atoms with E-state index < -0.39 is 0 Å². The Balaban J connectivity index is 1.33. The minimum atomic E-state index is 0.268. The molecule has 0 spiro atoms. The van der Waals surface area contributed by atoms with E-state index in [0.717, 1.165) is 17.0 Å². The van der Waals surface area contributed by atoms with Gasteiger partial charge in [-0.3, -0.25) is 0 Å². The van der Waals surface area contributed by atoms with Crippen molar-refractivity contribution in [3.05, 3.63) is 96.3 Å². The molecular formula is C23H17N7O2. The average molecular weight is 423 g/mol. The first-order valence-electron chi connectivity index (χ1n) is 10.1. The van der Waals surface area contributed by atoms with Crippen molar-refractivity contribution in [3.8, 4) is 17.4 Å². The van der Waals surface area contributed by atoms with Gasteiger partial charge in [-0.2, -0.15) is 4.52 Å². The van der Waals surface area contributed by atoms with Gasteiger partial charge in [0, 0.05) is 30.6 Å². The number of rotatable bonds is 7. The summed E-state index contributed by atoms with van der Waals surface area (Å²) in [7, 11) is 0. The lowest BCUT2D eigenvalue weighted by atomic mass is 10.0. The maximum atomic E-state index is 6.18. The van der Waals surface area contributed by atoms with Crippen LogP contribution in [0.5, 0.6) is 5.88 Å². The second kappa shape index (κ2) is 7.62. The van der Waals surface area contributed by atoms with Crippen LogP contribution in [0.25, 0.3) is 22.7 Å². The Labute approximate surface area is 182 Å². The third kappa shape index (κ3) is 3.25. The largest absolute Gasteiger partial charge is 0.468 e. The third-order valence-corrected chi connectivity index (χ3v) is 5.22. The molecule has 0 atom stereocenters. The number of fused-ring (bicyclic) bond motifs is 1. The van der Waals surface area contributed by atoms with Crippen molar-refractivity contribution in [1.82, 2.24) is 34.5 Å². The molecule has 9 nitrogen and oxygen atoms in total. The Morgan fingerprint density at radius 1 is 1.06 bits per heavy atom. The summed E-state index contributed by atoms with van der Waals surface area (Å²) in [5, 5.41) is 17.1. The molecule has 0 saturated carbocycles. The molecule has 0 fully saturated rings. The molecule has 9 heteroatoms. The third-order valence-electron chi connectivity index (χ3n) is 5.22. The molecule has 0 bridgehead atoms. The van der Waals surface area contributed by atoms with Crippen LogP contribution in [0.3, 0.4) is 0 Å². The van der Waals surface area contributed by atoms with E-state index in [1.807, 2.05) is 48.7 Å². The highest BCUT2D eigenvalue weighted by Gasteiger charge is 2.19. The van der Waals surface area contributed by atoms with Crippen molar-refractivity contribution in [1.29, 1.82) is 0 Å². The summed E-state index contributed by atoms with van der Waals surface area (Å²) < 4.78 is 14.8. The lowest BCUT2D eigenvalue weighted by Crippen LogP contribution is -2.10. The second-order valence-electron chi connectivity index (χ2n) is 7.27. The SMILES string of the molecule is C1=CC(c2cc3nnc(-c4ccon4)n3nc2OCc2nccn2Cc2ccccc2)=C1. The highest BCUT2D eigenvalue weighted by atomic mass is 16.5. The lowest BCUT2D eigenvalue weighted by molar-refractivity contribution is 0.274. The minimum Gasteiger partial charge on any atom is -0.468 e. The molecule has 0 aliphatic heterocycles. The second-order valence-corrected chi connectivity index (χ2v) is 7.27. The Kier molecular flexibility index (Phi) is 4.35. The van der Waals surface area contributed by atoms with E-state index >= 15 is 0 Å². The quantitative estimate of drug-likeness (QED) is 0.395.